The van der Waals surface area contributed by atoms with Gasteiger partial charge in [-0.15, -0.1) is 0 Å². The van der Waals surface area contributed by atoms with Gasteiger partial charge in [-0.1, -0.05) is 0 Å². The van der Waals surface area contributed by atoms with Crippen LogP contribution in [-0.2, 0) is 11.3 Å². The van der Waals surface area contributed by atoms with Crippen molar-refractivity contribution < 1.29 is 19.0 Å². The zero-order valence-electron chi connectivity index (χ0n) is 12.9. The van der Waals surface area contributed by atoms with Crippen LogP contribution in [0.3, 0.4) is 0 Å². The third-order valence-corrected chi connectivity index (χ3v) is 3.19. The molecule has 0 unspecified atom stereocenters. The molecule has 0 aliphatic heterocycles. The molecule has 0 radical (unpaired) electrons. The van der Waals surface area contributed by atoms with Gasteiger partial charge in [0.25, 0.3) is 5.91 Å². The second-order valence-corrected chi connectivity index (χ2v) is 4.64. The summed E-state index contributed by atoms with van der Waals surface area (Å²) in [7, 11) is 4.79. The number of anilines is 1. The van der Waals surface area contributed by atoms with Crippen molar-refractivity contribution in [1.29, 1.82) is 0 Å². The van der Waals surface area contributed by atoms with E-state index in [1.807, 2.05) is 0 Å². The first-order valence-corrected chi connectivity index (χ1v) is 6.79. The molecule has 1 amide bonds. The fraction of sp³-hybridized carbons (Fsp3) is 0.235. The highest BCUT2D eigenvalue weighted by atomic mass is 16.5. The van der Waals surface area contributed by atoms with E-state index in [0.717, 1.165) is 11.3 Å². The normalized spacial score (nSPS) is 10.1. The van der Waals surface area contributed by atoms with E-state index >= 15 is 0 Å². The maximum absolute atomic E-state index is 12.3. The van der Waals surface area contributed by atoms with E-state index in [4.69, 9.17) is 14.2 Å². The number of ether oxygens (including phenoxy) is 3. The molecule has 0 saturated carbocycles. The van der Waals surface area contributed by atoms with E-state index < -0.39 is 0 Å². The molecule has 0 saturated heterocycles. The molecule has 2 aromatic rings. The number of benzene rings is 2. The van der Waals surface area contributed by atoms with Gasteiger partial charge < -0.3 is 19.5 Å². The smallest absolute Gasteiger partial charge is 0.255 e. The van der Waals surface area contributed by atoms with Crippen LogP contribution in [-0.4, -0.2) is 27.2 Å². The molecule has 0 aliphatic rings. The first kappa shape index (κ1) is 15.9. The molecular weight excluding hydrogens is 282 g/mol. The van der Waals surface area contributed by atoms with Gasteiger partial charge in [0.05, 0.1) is 20.8 Å². The summed E-state index contributed by atoms with van der Waals surface area (Å²) in [6.45, 7) is 0.382. The van der Waals surface area contributed by atoms with Crippen molar-refractivity contribution >= 4 is 11.6 Å². The number of methoxy groups -OCH3 is 3. The molecule has 0 bridgehead atoms. The zero-order valence-corrected chi connectivity index (χ0v) is 12.9. The maximum Gasteiger partial charge on any atom is 0.255 e. The molecule has 0 aliphatic carbocycles. The molecule has 2 rings (SSSR count). The van der Waals surface area contributed by atoms with Gasteiger partial charge in [-0.2, -0.15) is 0 Å². The summed E-state index contributed by atoms with van der Waals surface area (Å²) in [5.74, 6) is 1.25. The van der Waals surface area contributed by atoms with E-state index in [1.54, 1.807) is 63.8 Å². The number of hydrogen-bond acceptors (Lipinski definition) is 4. The minimum absolute atomic E-state index is 0.190. The number of amides is 1. The lowest BCUT2D eigenvalue weighted by Crippen LogP contribution is -2.12. The number of hydrogen-bond donors (Lipinski definition) is 1. The van der Waals surface area contributed by atoms with Crippen LogP contribution in [0.1, 0.15) is 15.9 Å². The monoisotopic (exact) mass is 301 g/mol. The van der Waals surface area contributed by atoms with Gasteiger partial charge in [-0.05, 0) is 42.5 Å². The summed E-state index contributed by atoms with van der Waals surface area (Å²) in [5.41, 5.74) is 2.07. The van der Waals surface area contributed by atoms with Crippen molar-refractivity contribution in [3.05, 3.63) is 53.6 Å². The molecule has 2 aromatic carbocycles. The summed E-state index contributed by atoms with van der Waals surface area (Å²) >= 11 is 0. The van der Waals surface area contributed by atoms with E-state index in [-0.39, 0.29) is 5.91 Å². The van der Waals surface area contributed by atoms with Crippen molar-refractivity contribution in [1.82, 2.24) is 0 Å². The Hall–Kier alpha value is -2.53. The Balaban J connectivity index is 2.15. The first-order chi connectivity index (χ1) is 10.7. The van der Waals surface area contributed by atoms with Crippen molar-refractivity contribution in [2.24, 2.45) is 0 Å². The highest BCUT2D eigenvalue weighted by Crippen LogP contribution is 2.22. The third-order valence-electron chi connectivity index (χ3n) is 3.19. The van der Waals surface area contributed by atoms with E-state index in [2.05, 4.69) is 5.32 Å². The van der Waals surface area contributed by atoms with Crippen LogP contribution < -0.4 is 14.8 Å². The summed E-state index contributed by atoms with van der Waals surface area (Å²) in [5, 5.41) is 2.84. The average Bonchev–Trinajstić information content (AvgIpc) is 2.55. The molecule has 5 nitrogen and oxygen atoms in total. The molecule has 5 heteroatoms. The van der Waals surface area contributed by atoms with Crippen molar-refractivity contribution in [3.8, 4) is 11.5 Å². The van der Waals surface area contributed by atoms with Crippen LogP contribution >= 0.6 is 0 Å². The lowest BCUT2D eigenvalue weighted by Gasteiger charge is -2.11. The van der Waals surface area contributed by atoms with E-state index in [1.165, 1.54) is 0 Å². The fourth-order valence-electron chi connectivity index (χ4n) is 2.07. The Kier molecular flexibility index (Phi) is 5.38. The molecule has 22 heavy (non-hydrogen) atoms. The molecule has 0 atom stereocenters. The quantitative estimate of drug-likeness (QED) is 0.890. The van der Waals surface area contributed by atoms with E-state index in [9.17, 15) is 4.79 Å². The second kappa shape index (κ2) is 7.47. The zero-order chi connectivity index (χ0) is 15.9. The van der Waals surface area contributed by atoms with E-state index in [0.29, 0.717) is 23.6 Å². The minimum atomic E-state index is -0.190. The van der Waals surface area contributed by atoms with Gasteiger partial charge in [0.1, 0.15) is 11.5 Å². The van der Waals surface area contributed by atoms with Crippen LogP contribution in [0.5, 0.6) is 11.5 Å². The van der Waals surface area contributed by atoms with Crippen LogP contribution in [0.4, 0.5) is 5.69 Å². The Labute approximate surface area is 129 Å². The van der Waals surface area contributed by atoms with Gasteiger partial charge in [0.2, 0.25) is 0 Å². The van der Waals surface area contributed by atoms with Crippen LogP contribution in [0.25, 0.3) is 0 Å². The predicted molar refractivity (Wildman–Crippen MR) is 84.7 cm³/mol. The van der Waals surface area contributed by atoms with Crippen LogP contribution in [0.15, 0.2) is 42.5 Å². The molecule has 0 fully saturated rings. The Morgan fingerprint density at radius 2 is 1.73 bits per heavy atom. The van der Waals surface area contributed by atoms with Gasteiger partial charge in [-0.3, -0.25) is 4.79 Å². The molecular formula is C17H19NO4. The molecule has 0 aromatic heterocycles. The first-order valence-electron chi connectivity index (χ1n) is 6.79. The standard InChI is InChI=1S/C17H19NO4/c1-20-11-13-10-12(4-9-16(13)22-3)17(19)18-14-5-7-15(21-2)8-6-14/h4-10H,11H2,1-3H3,(H,18,19). The summed E-state index contributed by atoms with van der Waals surface area (Å²) < 4.78 is 15.5. The number of nitrogens with one attached hydrogen (secondary N) is 1. The van der Waals surface area contributed by atoms with Crippen LogP contribution in [0, 0.1) is 0 Å². The van der Waals surface area contributed by atoms with Gasteiger partial charge >= 0.3 is 0 Å². The van der Waals surface area contributed by atoms with Gasteiger partial charge in [-0.25, -0.2) is 0 Å². The highest BCUT2D eigenvalue weighted by Gasteiger charge is 2.10. The van der Waals surface area contributed by atoms with Crippen molar-refractivity contribution in [3.63, 3.8) is 0 Å². The van der Waals surface area contributed by atoms with Gasteiger partial charge in [0, 0.05) is 23.9 Å². The SMILES string of the molecule is COCc1cc(C(=O)Nc2ccc(OC)cc2)ccc1OC. The lowest BCUT2D eigenvalue weighted by molar-refractivity contribution is 0.102. The fourth-order valence-corrected chi connectivity index (χ4v) is 2.07. The molecule has 1 N–H and O–H groups in total. The summed E-state index contributed by atoms with van der Waals surface area (Å²) in [4.78, 5) is 12.3. The summed E-state index contributed by atoms with van der Waals surface area (Å²) in [6.07, 6.45) is 0. The molecule has 0 heterocycles. The molecule has 116 valence electrons. The number of carbonyl (C=O) groups is 1. The topological polar surface area (TPSA) is 56.8 Å². The van der Waals surface area contributed by atoms with Crippen molar-refractivity contribution in [2.75, 3.05) is 26.6 Å². The Morgan fingerprint density at radius 3 is 2.32 bits per heavy atom. The Bertz CT molecular complexity index is 638. The predicted octanol–water partition coefficient (Wildman–Crippen LogP) is 3.10. The highest BCUT2D eigenvalue weighted by molar-refractivity contribution is 6.04. The average molecular weight is 301 g/mol. The Morgan fingerprint density at radius 1 is 1.00 bits per heavy atom. The second-order valence-electron chi connectivity index (χ2n) is 4.64. The largest absolute Gasteiger partial charge is 0.497 e. The number of carbonyl (C=O) groups excluding carboxylic acids is 1. The summed E-state index contributed by atoms with van der Waals surface area (Å²) in [6, 6.07) is 12.4. The lowest BCUT2D eigenvalue weighted by atomic mass is 10.1. The third kappa shape index (κ3) is 3.77. The molecule has 0 spiro atoms. The maximum atomic E-state index is 12.3. The van der Waals surface area contributed by atoms with Gasteiger partial charge in [0.15, 0.2) is 0 Å². The number of rotatable bonds is 6. The van der Waals surface area contributed by atoms with Crippen LogP contribution in [0.2, 0.25) is 0 Å². The minimum Gasteiger partial charge on any atom is -0.497 e. The van der Waals surface area contributed by atoms with Crippen molar-refractivity contribution in [2.45, 2.75) is 6.61 Å².